The lowest BCUT2D eigenvalue weighted by atomic mass is 10.0. The summed E-state index contributed by atoms with van der Waals surface area (Å²) in [5.74, 6) is 0. The first-order valence-corrected chi connectivity index (χ1v) is 14.1. The largest absolute Gasteiger partial charge is 0.451 e. The van der Waals surface area contributed by atoms with E-state index >= 15 is 0 Å². The van der Waals surface area contributed by atoms with Gasteiger partial charge in [-0.2, -0.15) is 0 Å². The van der Waals surface area contributed by atoms with Crippen LogP contribution in [0.5, 0.6) is 0 Å². The minimum Gasteiger partial charge on any atom is -0.451 e. The van der Waals surface area contributed by atoms with Crippen molar-refractivity contribution in [2.75, 3.05) is 4.90 Å². The van der Waals surface area contributed by atoms with E-state index in [0.29, 0.717) is 0 Å². The topological polar surface area (TPSA) is 29.3 Å². The van der Waals surface area contributed by atoms with Gasteiger partial charge in [-0.05, 0) is 58.7 Å². The number of hydrogen-bond donors (Lipinski definition) is 0. The molecule has 6 aromatic carbocycles. The van der Waals surface area contributed by atoms with Gasteiger partial charge in [0.1, 0.15) is 5.52 Å². The number of anilines is 3. The first kappa shape index (κ1) is 24.2. The van der Waals surface area contributed by atoms with Crippen LogP contribution in [-0.4, -0.2) is 4.98 Å². The second-order valence-corrected chi connectivity index (χ2v) is 10.4. The smallest absolute Gasteiger partial charge is 0.161 e. The molecule has 0 bridgehead atoms. The highest BCUT2D eigenvalue weighted by Crippen LogP contribution is 2.44. The van der Waals surface area contributed by atoms with Crippen LogP contribution < -0.4 is 4.90 Å². The lowest BCUT2D eigenvalue weighted by molar-refractivity contribution is 0.672. The van der Waals surface area contributed by atoms with Gasteiger partial charge in [0.15, 0.2) is 11.2 Å². The van der Waals surface area contributed by atoms with Crippen molar-refractivity contribution < 1.29 is 4.42 Å². The van der Waals surface area contributed by atoms with Gasteiger partial charge in [0.05, 0.1) is 5.69 Å². The molecule has 42 heavy (non-hydrogen) atoms. The van der Waals surface area contributed by atoms with E-state index in [9.17, 15) is 0 Å². The summed E-state index contributed by atoms with van der Waals surface area (Å²) in [7, 11) is 0. The molecule has 2 heterocycles. The van der Waals surface area contributed by atoms with Crippen LogP contribution in [0.4, 0.5) is 17.1 Å². The van der Waals surface area contributed by atoms with E-state index in [-0.39, 0.29) is 0 Å². The highest BCUT2D eigenvalue weighted by Gasteiger charge is 2.21. The predicted molar refractivity (Wildman–Crippen MR) is 175 cm³/mol. The first-order chi connectivity index (χ1) is 20.8. The van der Waals surface area contributed by atoms with E-state index in [0.717, 1.165) is 61.0 Å². The van der Waals surface area contributed by atoms with Crippen molar-refractivity contribution in [2.45, 2.75) is 0 Å². The van der Waals surface area contributed by atoms with Gasteiger partial charge in [0.2, 0.25) is 0 Å². The molecule has 8 aromatic rings. The van der Waals surface area contributed by atoms with Crippen molar-refractivity contribution in [1.82, 2.24) is 4.98 Å². The van der Waals surface area contributed by atoms with Crippen molar-refractivity contribution in [3.05, 3.63) is 158 Å². The quantitative estimate of drug-likeness (QED) is 0.218. The lowest BCUT2D eigenvalue weighted by Gasteiger charge is -2.26. The number of rotatable bonds is 5. The first-order valence-electron chi connectivity index (χ1n) is 14.1. The summed E-state index contributed by atoms with van der Waals surface area (Å²) < 4.78 is 6.75. The molecule has 0 atom stereocenters. The molecule has 0 radical (unpaired) electrons. The normalized spacial score (nSPS) is 11.3. The lowest BCUT2D eigenvalue weighted by Crippen LogP contribution is -2.10. The third kappa shape index (κ3) is 4.11. The average molecular weight is 539 g/mol. The van der Waals surface area contributed by atoms with Crippen LogP contribution in [0.2, 0.25) is 0 Å². The second-order valence-electron chi connectivity index (χ2n) is 10.4. The van der Waals surface area contributed by atoms with E-state index in [1.54, 1.807) is 0 Å². The van der Waals surface area contributed by atoms with Crippen LogP contribution in [0.1, 0.15) is 0 Å². The Bertz CT molecular complexity index is 2120. The molecule has 198 valence electrons. The molecular weight excluding hydrogens is 512 g/mol. The fourth-order valence-electron chi connectivity index (χ4n) is 5.87. The monoisotopic (exact) mass is 538 g/mol. The number of fused-ring (bicyclic) bond motifs is 5. The Morgan fingerprint density at radius 2 is 1.00 bits per heavy atom. The van der Waals surface area contributed by atoms with Gasteiger partial charge < -0.3 is 9.32 Å². The number of nitrogens with zero attached hydrogens (tertiary/aromatic N) is 2. The molecule has 0 amide bonds. The zero-order valence-corrected chi connectivity index (χ0v) is 22.8. The second kappa shape index (κ2) is 10.1. The molecule has 2 aromatic heterocycles. The molecule has 0 aliphatic carbocycles. The standard InChI is InChI=1S/C39H26N2O/c1-3-12-27(13-4-1)29-17-9-19-32(24-29)41(33-20-10-18-30(25-33)28-14-5-2-6-15-28)36-23-11-22-35-37-39(42-38(35)36)34-21-8-7-16-31(34)26-40-37/h1-26H. The molecule has 3 heteroatoms. The number of furan rings is 1. The van der Waals surface area contributed by atoms with Crippen molar-refractivity contribution in [3.63, 3.8) is 0 Å². The van der Waals surface area contributed by atoms with Crippen molar-refractivity contribution >= 4 is 49.9 Å². The number of para-hydroxylation sites is 1. The fourth-order valence-corrected chi connectivity index (χ4v) is 5.87. The van der Waals surface area contributed by atoms with Crippen molar-refractivity contribution in [3.8, 4) is 22.3 Å². The highest BCUT2D eigenvalue weighted by atomic mass is 16.3. The average Bonchev–Trinajstić information content (AvgIpc) is 3.46. The Hall–Kier alpha value is -5.67. The Morgan fingerprint density at radius 3 is 1.67 bits per heavy atom. The SMILES string of the molecule is c1ccc(-c2cccc(N(c3cccc(-c4ccccc4)c3)c3cccc4c3oc3c5ccccc5cnc43)c2)cc1. The molecule has 0 fully saturated rings. The van der Waals surface area contributed by atoms with Gasteiger partial charge >= 0.3 is 0 Å². The van der Waals surface area contributed by atoms with Gasteiger partial charge in [-0.25, -0.2) is 0 Å². The number of aromatic nitrogens is 1. The molecule has 0 N–H and O–H groups in total. The Kier molecular flexibility index (Phi) is 5.79. The van der Waals surface area contributed by atoms with E-state index in [1.165, 1.54) is 11.1 Å². The molecule has 0 aliphatic heterocycles. The summed E-state index contributed by atoms with van der Waals surface area (Å²) in [6.45, 7) is 0. The van der Waals surface area contributed by atoms with Crippen LogP contribution in [-0.2, 0) is 0 Å². The minimum atomic E-state index is 0.812. The fraction of sp³-hybridized carbons (Fsp3) is 0. The van der Waals surface area contributed by atoms with Gasteiger partial charge in [-0.1, -0.05) is 115 Å². The summed E-state index contributed by atoms with van der Waals surface area (Å²) in [6.07, 6.45) is 1.93. The van der Waals surface area contributed by atoms with Crippen LogP contribution in [0.25, 0.3) is 55.1 Å². The summed E-state index contributed by atoms with van der Waals surface area (Å²) in [5, 5.41) is 3.12. The molecule has 0 aliphatic rings. The van der Waals surface area contributed by atoms with Gasteiger partial charge in [0.25, 0.3) is 0 Å². The van der Waals surface area contributed by atoms with E-state index in [4.69, 9.17) is 9.40 Å². The molecule has 0 spiro atoms. The number of pyridine rings is 1. The van der Waals surface area contributed by atoms with E-state index in [1.807, 2.05) is 18.3 Å². The van der Waals surface area contributed by atoms with Crippen molar-refractivity contribution in [1.29, 1.82) is 0 Å². The number of benzene rings is 6. The molecule has 8 rings (SSSR count). The Labute approximate surface area is 243 Å². The Balaban J connectivity index is 1.39. The maximum atomic E-state index is 6.75. The molecule has 0 saturated carbocycles. The van der Waals surface area contributed by atoms with E-state index in [2.05, 4.69) is 144 Å². The number of hydrogen-bond acceptors (Lipinski definition) is 3. The summed E-state index contributed by atoms with van der Waals surface area (Å²) in [5.41, 5.74) is 10.2. The van der Waals surface area contributed by atoms with Crippen LogP contribution in [0.15, 0.2) is 162 Å². The van der Waals surface area contributed by atoms with Gasteiger partial charge in [-0.15, -0.1) is 0 Å². The van der Waals surface area contributed by atoms with E-state index < -0.39 is 0 Å². The molecule has 3 nitrogen and oxygen atoms in total. The van der Waals surface area contributed by atoms with Crippen LogP contribution in [0, 0.1) is 0 Å². The summed E-state index contributed by atoms with van der Waals surface area (Å²) in [6, 6.07) is 53.0. The molecular formula is C39H26N2O. The van der Waals surface area contributed by atoms with Crippen LogP contribution >= 0.6 is 0 Å². The zero-order chi connectivity index (χ0) is 27.9. The summed E-state index contributed by atoms with van der Waals surface area (Å²) >= 11 is 0. The zero-order valence-electron chi connectivity index (χ0n) is 22.8. The molecule has 0 unspecified atom stereocenters. The summed E-state index contributed by atoms with van der Waals surface area (Å²) in [4.78, 5) is 7.14. The highest BCUT2D eigenvalue weighted by molar-refractivity contribution is 6.15. The third-order valence-corrected chi connectivity index (χ3v) is 7.87. The molecule has 0 saturated heterocycles. The van der Waals surface area contributed by atoms with Gasteiger partial charge in [0, 0.05) is 33.7 Å². The Morgan fingerprint density at radius 1 is 0.452 bits per heavy atom. The third-order valence-electron chi connectivity index (χ3n) is 7.87. The van der Waals surface area contributed by atoms with Crippen molar-refractivity contribution in [2.24, 2.45) is 0 Å². The van der Waals surface area contributed by atoms with Gasteiger partial charge in [-0.3, -0.25) is 4.98 Å². The maximum absolute atomic E-state index is 6.75. The predicted octanol–water partition coefficient (Wildman–Crippen LogP) is 10.9. The van der Waals surface area contributed by atoms with Crippen LogP contribution in [0.3, 0.4) is 0 Å². The minimum absolute atomic E-state index is 0.812. The maximum Gasteiger partial charge on any atom is 0.161 e.